The van der Waals surface area contributed by atoms with E-state index in [0.29, 0.717) is 13.2 Å². The molecule has 0 aliphatic rings. The summed E-state index contributed by atoms with van der Waals surface area (Å²) in [4.78, 5) is 0. The summed E-state index contributed by atoms with van der Waals surface area (Å²) in [5.41, 5.74) is 0.850. The first-order valence-corrected chi connectivity index (χ1v) is 10.2. The monoisotopic (exact) mass is 316 g/mol. The molecule has 0 radical (unpaired) electrons. The van der Waals surface area contributed by atoms with Crippen LogP contribution in [0.4, 0.5) is 8.78 Å². The van der Waals surface area contributed by atoms with Crippen LogP contribution in [-0.2, 0) is 15.3 Å². The van der Waals surface area contributed by atoms with E-state index in [-0.39, 0.29) is 0 Å². The third-order valence-electron chi connectivity index (χ3n) is 3.48. The van der Waals surface area contributed by atoms with Crippen LogP contribution in [0.5, 0.6) is 0 Å². The highest BCUT2D eigenvalue weighted by Crippen LogP contribution is 2.19. The minimum absolute atomic E-state index is 0.692. The lowest BCUT2D eigenvalue weighted by molar-refractivity contribution is 0.188. The van der Waals surface area contributed by atoms with Gasteiger partial charge in [-0.3, -0.25) is 0 Å². The van der Waals surface area contributed by atoms with Crippen LogP contribution < -0.4 is 0 Å². The van der Waals surface area contributed by atoms with E-state index in [9.17, 15) is 8.78 Å². The van der Waals surface area contributed by atoms with Crippen molar-refractivity contribution in [3.63, 3.8) is 0 Å². The first-order chi connectivity index (χ1) is 10.0. The van der Waals surface area contributed by atoms with Crippen molar-refractivity contribution < 1.29 is 17.6 Å². The molecule has 0 spiro atoms. The standard InChI is InChI=1S/C16H26F2O2Si/c1-4-19-21(3,20-5-2)12-8-6-7-9-14-10-11-15(17)16(18)13-14/h10-11,13H,4-9,12H2,1-3H3. The van der Waals surface area contributed by atoms with E-state index in [1.807, 2.05) is 13.8 Å². The van der Waals surface area contributed by atoms with Crippen molar-refractivity contribution in [1.82, 2.24) is 0 Å². The molecule has 2 nitrogen and oxygen atoms in total. The Labute approximate surface area is 127 Å². The van der Waals surface area contributed by atoms with Gasteiger partial charge in [-0.2, -0.15) is 0 Å². The highest BCUT2D eigenvalue weighted by atomic mass is 28.4. The quantitative estimate of drug-likeness (QED) is 0.455. The Bertz CT molecular complexity index is 421. The zero-order valence-electron chi connectivity index (χ0n) is 13.3. The maximum absolute atomic E-state index is 13.1. The molecule has 0 bridgehead atoms. The van der Waals surface area contributed by atoms with Gasteiger partial charge in [-0.1, -0.05) is 18.9 Å². The summed E-state index contributed by atoms with van der Waals surface area (Å²) in [5, 5.41) is 0. The number of aryl methyl sites for hydroxylation is 1. The average molecular weight is 316 g/mol. The molecule has 1 aromatic carbocycles. The third-order valence-corrected chi connectivity index (χ3v) is 6.54. The second-order valence-corrected chi connectivity index (χ2v) is 8.65. The normalized spacial score (nSPS) is 11.9. The van der Waals surface area contributed by atoms with Gasteiger partial charge in [0.25, 0.3) is 0 Å². The van der Waals surface area contributed by atoms with Crippen LogP contribution in [0.25, 0.3) is 0 Å². The van der Waals surface area contributed by atoms with Crippen LogP contribution in [0.2, 0.25) is 12.6 Å². The number of benzene rings is 1. The average Bonchev–Trinajstić information content (AvgIpc) is 2.43. The van der Waals surface area contributed by atoms with E-state index in [1.165, 1.54) is 12.1 Å². The largest absolute Gasteiger partial charge is 0.395 e. The van der Waals surface area contributed by atoms with Gasteiger partial charge in [-0.15, -0.1) is 0 Å². The summed E-state index contributed by atoms with van der Waals surface area (Å²) < 4.78 is 37.5. The predicted octanol–water partition coefficient (Wildman–Crippen LogP) is 4.82. The summed E-state index contributed by atoms with van der Waals surface area (Å²) in [5.74, 6) is -1.55. The van der Waals surface area contributed by atoms with Crippen LogP contribution in [0.15, 0.2) is 18.2 Å². The Hall–Kier alpha value is -0.783. The fraction of sp³-hybridized carbons (Fsp3) is 0.625. The molecule has 0 aliphatic heterocycles. The van der Waals surface area contributed by atoms with Gasteiger partial charge in [-0.05, 0) is 57.0 Å². The van der Waals surface area contributed by atoms with Crippen molar-refractivity contribution in [2.75, 3.05) is 13.2 Å². The molecule has 5 heteroatoms. The van der Waals surface area contributed by atoms with E-state index in [1.54, 1.807) is 6.07 Å². The van der Waals surface area contributed by atoms with Crippen molar-refractivity contribution in [2.45, 2.75) is 52.1 Å². The summed E-state index contributed by atoms with van der Waals surface area (Å²) in [6.07, 6.45) is 3.83. The van der Waals surface area contributed by atoms with E-state index in [0.717, 1.165) is 37.3 Å². The number of hydrogen-bond acceptors (Lipinski definition) is 2. The maximum atomic E-state index is 13.1. The lowest BCUT2D eigenvalue weighted by Crippen LogP contribution is -2.38. The molecule has 0 aliphatic carbocycles. The Morgan fingerprint density at radius 3 is 2.19 bits per heavy atom. The van der Waals surface area contributed by atoms with Crippen LogP contribution in [0, 0.1) is 11.6 Å². The van der Waals surface area contributed by atoms with E-state index in [4.69, 9.17) is 8.85 Å². The fourth-order valence-corrected chi connectivity index (χ4v) is 4.93. The highest BCUT2D eigenvalue weighted by Gasteiger charge is 2.29. The molecular weight excluding hydrogens is 290 g/mol. The van der Waals surface area contributed by atoms with Gasteiger partial charge in [0.1, 0.15) is 0 Å². The second-order valence-electron chi connectivity index (χ2n) is 5.31. The molecule has 1 aromatic rings. The Morgan fingerprint density at radius 1 is 0.952 bits per heavy atom. The summed E-state index contributed by atoms with van der Waals surface area (Å²) in [6.45, 7) is 7.48. The van der Waals surface area contributed by atoms with Gasteiger partial charge in [0.05, 0.1) is 0 Å². The lowest BCUT2D eigenvalue weighted by Gasteiger charge is -2.25. The fourth-order valence-electron chi connectivity index (χ4n) is 2.44. The number of halogens is 2. The second kappa shape index (κ2) is 9.28. The molecule has 0 heterocycles. The molecule has 0 unspecified atom stereocenters. The van der Waals surface area contributed by atoms with Crippen LogP contribution in [0.3, 0.4) is 0 Å². The van der Waals surface area contributed by atoms with E-state index >= 15 is 0 Å². The van der Waals surface area contributed by atoms with Crippen molar-refractivity contribution in [1.29, 1.82) is 0 Å². The summed E-state index contributed by atoms with van der Waals surface area (Å²) in [6, 6.07) is 5.11. The van der Waals surface area contributed by atoms with Crippen molar-refractivity contribution in [3.05, 3.63) is 35.4 Å². The molecule has 0 fully saturated rings. The number of unbranched alkanes of at least 4 members (excludes halogenated alkanes) is 2. The minimum Gasteiger partial charge on any atom is -0.395 e. The zero-order chi connectivity index (χ0) is 15.7. The van der Waals surface area contributed by atoms with Gasteiger partial charge in [0, 0.05) is 13.2 Å². The molecule has 0 atom stereocenters. The van der Waals surface area contributed by atoms with Crippen LogP contribution in [-0.4, -0.2) is 21.8 Å². The smallest absolute Gasteiger partial charge is 0.334 e. The number of hydrogen-bond donors (Lipinski definition) is 0. The lowest BCUT2D eigenvalue weighted by atomic mass is 10.1. The van der Waals surface area contributed by atoms with Gasteiger partial charge in [0.2, 0.25) is 0 Å². The zero-order valence-corrected chi connectivity index (χ0v) is 14.3. The van der Waals surface area contributed by atoms with E-state index in [2.05, 4.69) is 6.55 Å². The number of rotatable bonds is 10. The topological polar surface area (TPSA) is 18.5 Å². The molecule has 0 amide bonds. The molecule has 1 rings (SSSR count). The Balaban J connectivity index is 2.28. The highest BCUT2D eigenvalue weighted by molar-refractivity contribution is 6.66. The van der Waals surface area contributed by atoms with E-state index < -0.39 is 20.2 Å². The van der Waals surface area contributed by atoms with Gasteiger partial charge in [0.15, 0.2) is 11.6 Å². The van der Waals surface area contributed by atoms with Gasteiger partial charge in [-0.25, -0.2) is 8.78 Å². The van der Waals surface area contributed by atoms with Gasteiger partial charge >= 0.3 is 8.56 Å². The maximum Gasteiger partial charge on any atom is 0.334 e. The molecule has 0 N–H and O–H groups in total. The van der Waals surface area contributed by atoms with Crippen LogP contribution >= 0.6 is 0 Å². The molecule has 0 saturated heterocycles. The molecule has 0 saturated carbocycles. The first-order valence-electron chi connectivity index (χ1n) is 7.72. The molecule has 120 valence electrons. The van der Waals surface area contributed by atoms with Crippen molar-refractivity contribution >= 4 is 8.56 Å². The third kappa shape index (κ3) is 6.67. The molecule has 0 aromatic heterocycles. The van der Waals surface area contributed by atoms with Crippen molar-refractivity contribution in [3.8, 4) is 0 Å². The summed E-state index contributed by atoms with van der Waals surface area (Å²) in [7, 11) is -2.00. The predicted molar refractivity (Wildman–Crippen MR) is 83.6 cm³/mol. The Morgan fingerprint density at radius 2 is 1.62 bits per heavy atom. The Kier molecular flexibility index (Phi) is 8.07. The molecule has 21 heavy (non-hydrogen) atoms. The van der Waals surface area contributed by atoms with Crippen LogP contribution in [0.1, 0.15) is 38.7 Å². The van der Waals surface area contributed by atoms with Gasteiger partial charge < -0.3 is 8.85 Å². The molecular formula is C16H26F2O2Si. The van der Waals surface area contributed by atoms with Crippen molar-refractivity contribution in [2.24, 2.45) is 0 Å². The minimum atomic E-state index is -2.00. The summed E-state index contributed by atoms with van der Waals surface area (Å²) >= 11 is 0. The first kappa shape index (κ1) is 18.3. The SMILES string of the molecule is CCO[Si](C)(CCCCCc1ccc(F)c(F)c1)OCC.